The van der Waals surface area contributed by atoms with E-state index in [-0.39, 0.29) is 45.6 Å². The Hall–Kier alpha value is -3.59. The summed E-state index contributed by atoms with van der Waals surface area (Å²) in [6.07, 6.45) is -2.85. The van der Waals surface area contributed by atoms with E-state index in [2.05, 4.69) is 10.3 Å². The maximum Gasteiger partial charge on any atom is 0.430 e. The Balaban J connectivity index is 2.34. The standard InChI is InChI=1S/C22H20ClF3N4O2/c1-13(31)10-16(27)12-29-21(32)15-8-6-14(7-9-15)19(11-20(28)22(24,25)26)30-18-5-3-2-4-17(18)23/h2-11H,12,27-28H2,1H3,(H,29,32). The minimum Gasteiger partial charge on any atom is -0.400 e. The van der Waals surface area contributed by atoms with Crippen molar-refractivity contribution in [2.75, 3.05) is 6.54 Å². The van der Waals surface area contributed by atoms with Crippen LogP contribution in [0.2, 0.25) is 5.02 Å². The van der Waals surface area contributed by atoms with Gasteiger partial charge >= 0.3 is 6.18 Å². The van der Waals surface area contributed by atoms with E-state index >= 15 is 0 Å². The lowest BCUT2D eigenvalue weighted by molar-refractivity contribution is -0.112. The van der Waals surface area contributed by atoms with Crippen molar-refractivity contribution < 1.29 is 22.8 Å². The van der Waals surface area contributed by atoms with Gasteiger partial charge in [-0.25, -0.2) is 4.99 Å². The van der Waals surface area contributed by atoms with Crippen LogP contribution >= 0.6 is 11.6 Å². The van der Waals surface area contributed by atoms with Crippen LogP contribution in [0.25, 0.3) is 0 Å². The van der Waals surface area contributed by atoms with Crippen LogP contribution in [-0.4, -0.2) is 30.1 Å². The first-order valence-electron chi connectivity index (χ1n) is 9.20. The summed E-state index contributed by atoms with van der Waals surface area (Å²) in [5, 5.41) is 2.79. The first-order chi connectivity index (χ1) is 15.0. The summed E-state index contributed by atoms with van der Waals surface area (Å²) >= 11 is 6.07. The number of nitrogens with zero attached hydrogens (tertiary/aromatic N) is 1. The molecule has 0 aliphatic heterocycles. The molecule has 0 fully saturated rings. The van der Waals surface area contributed by atoms with E-state index in [0.717, 1.165) is 0 Å². The summed E-state index contributed by atoms with van der Waals surface area (Å²) in [4.78, 5) is 27.5. The molecular formula is C22H20ClF3N4O2. The van der Waals surface area contributed by atoms with Gasteiger partial charge in [-0.3, -0.25) is 9.59 Å². The predicted octanol–water partition coefficient (Wildman–Crippen LogP) is 4.03. The lowest BCUT2D eigenvalue weighted by Gasteiger charge is -2.10. The van der Waals surface area contributed by atoms with Crippen molar-refractivity contribution in [3.05, 3.63) is 88.2 Å². The molecule has 2 aromatic rings. The number of amides is 1. The van der Waals surface area contributed by atoms with Crippen molar-refractivity contribution in [3.63, 3.8) is 0 Å². The van der Waals surface area contributed by atoms with E-state index in [1.807, 2.05) is 0 Å². The summed E-state index contributed by atoms with van der Waals surface area (Å²) in [5.74, 6) is -0.732. The number of ketones is 1. The highest BCUT2D eigenvalue weighted by Gasteiger charge is 2.31. The van der Waals surface area contributed by atoms with Gasteiger partial charge in [0.25, 0.3) is 5.91 Å². The normalized spacial score (nSPS) is 13.1. The summed E-state index contributed by atoms with van der Waals surface area (Å²) in [6, 6.07) is 12.1. The number of aliphatic imine (C=N–C) groups is 1. The Labute approximate surface area is 187 Å². The molecule has 0 unspecified atom stereocenters. The molecule has 0 spiro atoms. The van der Waals surface area contributed by atoms with E-state index in [1.165, 1.54) is 37.3 Å². The molecule has 5 N–H and O–H groups in total. The minimum absolute atomic E-state index is 0.0375. The van der Waals surface area contributed by atoms with Gasteiger partial charge in [0.2, 0.25) is 0 Å². The van der Waals surface area contributed by atoms with Crippen LogP contribution in [0.5, 0.6) is 0 Å². The molecule has 1 amide bonds. The van der Waals surface area contributed by atoms with E-state index in [9.17, 15) is 22.8 Å². The van der Waals surface area contributed by atoms with Gasteiger partial charge in [0.15, 0.2) is 5.78 Å². The summed E-state index contributed by atoms with van der Waals surface area (Å²) in [5.41, 5.74) is 10.3. The molecule has 6 nitrogen and oxygen atoms in total. The number of carbonyl (C=O) groups excluding carboxylic acids is 2. The van der Waals surface area contributed by atoms with Crippen LogP contribution in [0.15, 0.2) is 77.1 Å². The first-order valence-corrected chi connectivity index (χ1v) is 9.58. The van der Waals surface area contributed by atoms with Crippen LogP contribution in [0.1, 0.15) is 22.8 Å². The van der Waals surface area contributed by atoms with Crippen molar-refractivity contribution in [1.82, 2.24) is 5.32 Å². The average molecular weight is 465 g/mol. The predicted molar refractivity (Wildman–Crippen MR) is 118 cm³/mol. The molecular weight excluding hydrogens is 445 g/mol. The van der Waals surface area contributed by atoms with Crippen molar-refractivity contribution >= 4 is 34.7 Å². The molecule has 10 heteroatoms. The lowest BCUT2D eigenvalue weighted by atomic mass is 10.1. The Morgan fingerprint density at radius 1 is 1.03 bits per heavy atom. The topological polar surface area (TPSA) is 111 Å². The second kappa shape index (κ2) is 10.6. The first kappa shape index (κ1) is 24.7. The molecule has 0 saturated heterocycles. The van der Waals surface area contributed by atoms with E-state index in [0.29, 0.717) is 6.08 Å². The zero-order valence-electron chi connectivity index (χ0n) is 16.9. The number of nitrogens with two attached hydrogens (primary N) is 2. The van der Waals surface area contributed by atoms with Crippen LogP contribution < -0.4 is 16.8 Å². The number of para-hydroxylation sites is 1. The molecule has 0 saturated carbocycles. The number of nitrogens with one attached hydrogen (secondary N) is 1. The fraction of sp³-hybridized carbons (Fsp3) is 0.136. The second-order valence-electron chi connectivity index (χ2n) is 6.64. The Bertz CT molecular complexity index is 1090. The number of hydrogen-bond acceptors (Lipinski definition) is 5. The molecule has 0 aliphatic carbocycles. The van der Waals surface area contributed by atoms with Crippen molar-refractivity contribution in [1.29, 1.82) is 0 Å². The number of alkyl halides is 3. The number of rotatable bonds is 7. The fourth-order valence-corrected chi connectivity index (χ4v) is 2.65. The average Bonchev–Trinajstić information content (AvgIpc) is 2.72. The minimum atomic E-state index is -4.74. The van der Waals surface area contributed by atoms with Gasteiger partial charge in [-0.2, -0.15) is 13.2 Å². The quantitative estimate of drug-likeness (QED) is 0.424. The van der Waals surface area contributed by atoms with Crippen LogP contribution in [0.4, 0.5) is 18.9 Å². The maximum absolute atomic E-state index is 13.0. The van der Waals surface area contributed by atoms with Crippen molar-refractivity contribution in [2.45, 2.75) is 13.1 Å². The van der Waals surface area contributed by atoms with Gasteiger partial charge in [0, 0.05) is 22.9 Å². The van der Waals surface area contributed by atoms with Crippen molar-refractivity contribution in [2.24, 2.45) is 16.5 Å². The number of hydrogen-bond donors (Lipinski definition) is 3. The van der Waals surface area contributed by atoms with Gasteiger partial charge in [0.05, 0.1) is 23.0 Å². The molecule has 0 radical (unpaired) electrons. The van der Waals surface area contributed by atoms with Crippen molar-refractivity contribution in [3.8, 4) is 0 Å². The highest BCUT2D eigenvalue weighted by Crippen LogP contribution is 2.27. The molecule has 0 atom stereocenters. The summed E-state index contributed by atoms with van der Waals surface area (Å²) in [7, 11) is 0. The smallest absolute Gasteiger partial charge is 0.400 e. The van der Waals surface area contributed by atoms with Crippen LogP contribution in [-0.2, 0) is 4.79 Å². The fourth-order valence-electron chi connectivity index (χ4n) is 2.47. The molecule has 2 aromatic carbocycles. The Kier molecular flexibility index (Phi) is 8.20. The maximum atomic E-state index is 13.0. The van der Waals surface area contributed by atoms with Gasteiger partial charge in [-0.1, -0.05) is 35.9 Å². The molecule has 168 valence electrons. The van der Waals surface area contributed by atoms with Crippen LogP contribution in [0, 0.1) is 0 Å². The summed E-state index contributed by atoms with van der Waals surface area (Å²) < 4.78 is 38.9. The van der Waals surface area contributed by atoms with Gasteiger partial charge < -0.3 is 16.8 Å². The largest absolute Gasteiger partial charge is 0.430 e. The highest BCUT2D eigenvalue weighted by atomic mass is 35.5. The molecule has 0 heterocycles. The molecule has 0 bridgehead atoms. The third kappa shape index (κ3) is 7.28. The van der Waals surface area contributed by atoms with Gasteiger partial charge in [0.1, 0.15) is 5.70 Å². The van der Waals surface area contributed by atoms with E-state index in [1.54, 1.807) is 24.3 Å². The molecule has 2 rings (SSSR count). The zero-order chi connectivity index (χ0) is 23.9. The highest BCUT2D eigenvalue weighted by molar-refractivity contribution is 6.33. The van der Waals surface area contributed by atoms with E-state index < -0.39 is 17.8 Å². The zero-order valence-corrected chi connectivity index (χ0v) is 17.7. The number of benzene rings is 2. The monoisotopic (exact) mass is 464 g/mol. The molecule has 0 aromatic heterocycles. The SMILES string of the molecule is CC(=O)C=C(N)CNC(=O)c1ccc(C(C=C(N)C(F)(F)F)=Nc2ccccc2Cl)cc1. The lowest BCUT2D eigenvalue weighted by Crippen LogP contribution is -2.28. The van der Waals surface area contributed by atoms with Gasteiger partial charge in [-0.15, -0.1) is 0 Å². The third-order valence-corrected chi connectivity index (χ3v) is 4.32. The second-order valence-corrected chi connectivity index (χ2v) is 7.04. The van der Waals surface area contributed by atoms with E-state index in [4.69, 9.17) is 23.1 Å². The third-order valence-electron chi connectivity index (χ3n) is 4.00. The Morgan fingerprint density at radius 3 is 2.19 bits per heavy atom. The summed E-state index contributed by atoms with van der Waals surface area (Å²) in [6.45, 7) is 1.29. The van der Waals surface area contributed by atoms with Gasteiger partial charge in [-0.05, 0) is 37.3 Å². The Morgan fingerprint density at radius 2 is 1.62 bits per heavy atom. The number of allylic oxidation sites excluding steroid dienone is 3. The molecule has 32 heavy (non-hydrogen) atoms. The number of halogens is 4. The number of carbonyl (C=O) groups is 2. The molecule has 0 aliphatic rings. The van der Waals surface area contributed by atoms with Crippen LogP contribution in [0.3, 0.4) is 0 Å².